The average molecular weight is 471 g/mol. The number of piperidine rings is 2. The second-order valence-electron chi connectivity index (χ2n) is 9.18. The molecular formula is C23H30N6O3S. The van der Waals surface area contributed by atoms with E-state index in [0.29, 0.717) is 38.3 Å². The quantitative estimate of drug-likeness (QED) is 0.631. The molecule has 33 heavy (non-hydrogen) atoms. The molecule has 1 N–H and O–H groups in total. The van der Waals surface area contributed by atoms with Gasteiger partial charge in [0.25, 0.3) is 10.0 Å². The molecule has 2 saturated heterocycles. The van der Waals surface area contributed by atoms with Crippen molar-refractivity contribution < 1.29 is 13.2 Å². The summed E-state index contributed by atoms with van der Waals surface area (Å²) in [5.41, 5.74) is 1.97. The predicted molar refractivity (Wildman–Crippen MR) is 124 cm³/mol. The molecule has 0 radical (unpaired) electrons. The lowest BCUT2D eigenvalue weighted by molar-refractivity contribution is -0.138. The lowest BCUT2D eigenvalue weighted by Gasteiger charge is -2.37. The number of H-pyrrole nitrogens is 1. The number of benzene rings is 1. The summed E-state index contributed by atoms with van der Waals surface area (Å²) in [7, 11) is -1.85. The molecule has 0 bridgehead atoms. The minimum atomic E-state index is -3.63. The SMILES string of the molecule is Cc1nc(S(=O)(=O)N2CCC(C(=O)N3CCCC(c4nc5ccccc5[nH]4)C3)CC2)cn1C. The van der Waals surface area contributed by atoms with Crippen molar-refractivity contribution in [3.8, 4) is 0 Å². The Balaban J connectivity index is 1.22. The molecule has 9 nitrogen and oxygen atoms in total. The van der Waals surface area contributed by atoms with Crippen LogP contribution in [-0.4, -0.2) is 69.2 Å². The number of fused-ring (bicyclic) bond motifs is 1. The minimum Gasteiger partial charge on any atom is -0.342 e. The van der Waals surface area contributed by atoms with Crippen molar-refractivity contribution in [3.05, 3.63) is 42.1 Å². The van der Waals surface area contributed by atoms with E-state index in [-0.39, 0.29) is 22.8 Å². The fourth-order valence-corrected chi connectivity index (χ4v) is 6.45. The molecule has 0 aliphatic carbocycles. The third-order valence-electron chi connectivity index (χ3n) is 7.02. The Morgan fingerprint density at radius 1 is 1.09 bits per heavy atom. The summed E-state index contributed by atoms with van der Waals surface area (Å²) in [6.07, 6.45) is 4.57. The van der Waals surface area contributed by atoms with Gasteiger partial charge >= 0.3 is 0 Å². The van der Waals surface area contributed by atoms with Crippen molar-refractivity contribution in [1.29, 1.82) is 0 Å². The summed E-state index contributed by atoms with van der Waals surface area (Å²) in [5, 5.41) is 0.0805. The van der Waals surface area contributed by atoms with Crippen molar-refractivity contribution in [2.24, 2.45) is 13.0 Å². The predicted octanol–water partition coefficient (Wildman–Crippen LogP) is 2.41. The molecule has 2 aliphatic rings. The van der Waals surface area contributed by atoms with Gasteiger partial charge in [0.1, 0.15) is 11.6 Å². The largest absolute Gasteiger partial charge is 0.342 e. The minimum absolute atomic E-state index is 0.0805. The first-order chi connectivity index (χ1) is 15.8. The average Bonchev–Trinajstić information content (AvgIpc) is 3.42. The Bertz CT molecular complexity index is 1220. The molecule has 0 saturated carbocycles. The van der Waals surface area contributed by atoms with E-state index in [2.05, 4.69) is 9.97 Å². The highest BCUT2D eigenvalue weighted by molar-refractivity contribution is 7.89. The lowest BCUT2D eigenvalue weighted by Crippen LogP contribution is -2.47. The second-order valence-corrected chi connectivity index (χ2v) is 11.1. The molecule has 5 rings (SSSR count). The number of carbonyl (C=O) groups excluding carboxylic acids is 1. The number of likely N-dealkylation sites (tertiary alicyclic amines) is 1. The fourth-order valence-electron chi connectivity index (χ4n) is 4.95. The summed E-state index contributed by atoms with van der Waals surface area (Å²) >= 11 is 0. The van der Waals surface area contributed by atoms with Crippen LogP contribution in [0.5, 0.6) is 0 Å². The van der Waals surface area contributed by atoms with Gasteiger partial charge < -0.3 is 14.5 Å². The third-order valence-corrected chi connectivity index (χ3v) is 8.79. The van der Waals surface area contributed by atoms with Crippen LogP contribution in [0.2, 0.25) is 0 Å². The standard InChI is InChI=1S/C23H30N6O3S/c1-16-24-21(15-27(16)2)33(31,32)29-12-9-17(10-13-29)23(30)28-11-5-6-18(14-28)22-25-19-7-3-4-8-20(19)26-22/h3-4,7-8,15,17-18H,5-6,9-14H2,1-2H3,(H,25,26). The summed E-state index contributed by atoms with van der Waals surface area (Å²) in [5.74, 6) is 1.80. The third kappa shape index (κ3) is 4.17. The molecular weight excluding hydrogens is 440 g/mol. The van der Waals surface area contributed by atoms with E-state index in [1.54, 1.807) is 24.7 Å². The van der Waals surface area contributed by atoms with Gasteiger partial charge in [0, 0.05) is 51.3 Å². The smallest absolute Gasteiger partial charge is 0.262 e. The summed E-state index contributed by atoms with van der Waals surface area (Å²) in [6.45, 7) is 3.87. The van der Waals surface area contributed by atoms with Crippen LogP contribution in [0.4, 0.5) is 0 Å². The summed E-state index contributed by atoms with van der Waals surface area (Å²) in [4.78, 5) is 27.6. The van der Waals surface area contributed by atoms with E-state index < -0.39 is 10.0 Å². The number of nitrogens with one attached hydrogen (secondary N) is 1. The Morgan fingerprint density at radius 3 is 2.55 bits per heavy atom. The number of hydrogen-bond donors (Lipinski definition) is 1. The van der Waals surface area contributed by atoms with Crippen LogP contribution in [0.1, 0.15) is 43.3 Å². The number of carbonyl (C=O) groups is 1. The van der Waals surface area contributed by atoms with Gasteiger partial charge in [-0.3, -0.25) is 4.79 Å². The topological polar surface area (TPSA) is 104 Å². The van der Waals surface area contributed by atoms with Gasteiger partial charge in [-0.05, 0) is 44.7 Å². The van der Waals surface area contributed by atoms with E-state index in [1.165, 1.54) is 4.31 Å². The van der Waals surface area contributed by atoms with Crippen molar-refractivity contribution in [2.45, 2.75) is 43.6 Å². The monoisotopic (exact) mass is 470 g/mol. The summed E-state index contributed by atoms with van der Waals surface area (Å²) < 4.78 is 29.1. The number of amides is 1. The molecule has 1 atom stereocenters. The maximum atomic E-state index is 13.3. The van der Waals surface area contributed by atoms with Gasteiger partial charge in [-0.2, -0.15) is 4.31 Å². The van der Waals surface area contributed by atoms with Crippen LogP contribution in [0, 0.1) is 12.8 Å². The van der Waals surface area contributed by atoms with Gasteiger partial charge in [0.15, 0.2) is 5.03 Å². The number of rotatable bonds is 4. The first kappa shape index (κ1) is 22.1. The zero-order chi connectivity index (χ0) is 23.2. The fraction of sp³-hybridized carbons (Fsp3) is 0.522. The molecule has 2 fully saturated rings. The van der Waals surface area contributed by atoms with Crippen molar-refractivity contribution >= 4 is 27.0 Å². The molecule has 4 heterocycles. The van der Waals surface area contributed by atoms with Crippen LogP contribution in [0.15, 0.2) is 35.5 Å². The van der Waals surface area contributed by atoms with E-state index in [0.717, 1.165) is 36.2 Å². The van der Waals surface area contributed by atoms with Crippen LogP contribution in [0.25, 0.3) is 11.0 Å². The van der Waals surface area contributed by atoms with Gasteiger partial charge in [-0.25, -0.2) is 18.4 Å². The number of aryl methyl sites for hydroxylation is 2. The Hall–Kier alpha value is -2.72. The lowest BCUT2D eigenvalue weighted by atomic mass is 9.92. The number of imidazole rings is 2. The first-order valence-corrected chi connectivity index (χ1v) is 13.0. The normalized spacial score (nSPS) is 21.0. The molecule has 1 amide bonds. The van der Waals surface area contributed by atoms with Crippen LogP contribution < -0.4 is 0 Å². The number of sulfonamides is 1. The Kier molecular flexibility index (Phi) is 5.74. The molecule has 1 aromatic carbocycles. The van der Waals surface area contributed by atoms with E-state index in [1.807, 2.05) is 29.2 Å². The first-order valence-electron chi connectivity index (χ1n) is 11.6. The molecule has 10 heteroatoms. The Morgan fingerprint density at radius 2 is 1.85 bits per heavy atom. The highest BCUT2D eigenvalue weighted by Gasteiger charge is 2.36. The molecule has 1 unspecified atom stereocenters. The van der Waals surface area contributed by atoms with Crippen LogP contribution >= 0.6 is 0 Å². The zero-order valence-corrected chi connectivity index (χ0v) is 19.9. The van der Waals surface area contributed by atoms with E-state index in [4.69, 9.17) is 4.98 Å². The van der Waals surface area contributed by atoms with Crippen molar-refractivity contribution in [1.82, 2.24) is 28.7 Å². The zero-order valence-electron chi connectivity index (χ0n) is 19.1. The van der Waals surface area contributed by atoms with Crippen molar-refractivity contribution in [2.75, 3.05) is 26.2 Å². The van der Waals surface area contributed by atoms with E-state index >= 15 is 0 Å². The number of nitrogens with zero attached hydrogens (tertiary/aromatic N) is 5. The molecule has 2 aromatic heterocycles. The van der Waals surface area contributed by atoms with Gasteiger partial charge in [0.2, 0.25) is 5.91 Å². The Labute approximate surface area is 193 Å². The van der Waals surface area contributed by atoms with Crippen LogP contribution in [0.3, 0.4) is 0 Å². The number of aromatic nitrogens is 4. The summed E-state index contributed by atoms with van der Waals surface area (Å²) in [6, 6.07) is 7.98. The molecule has 3 aromatic rings. The van der Waals surface area contributed by atoms with Gasteiger partial charge in [0.05, 0.1) is 11.0 Å². The molecule has 176 valence electrons. The second kappa shape index (κ2) is 8.57. The highest BCUT2D eigenvalue weighted by Crippen LogP contribution is 2.30. The maximum Gasteiger partial charge on any atom is 0.262 e. The van der Waals surface area contributed by atoms with Crippen LogP contribution in [-0.2, 0) is 21.9 Å². The number of aromatic amines is 1. The van der Waals surface area contributed by atoms with Gasteiger partial charge in [-0.15, -0.1) is 0 Å². The van der Waals surface area contributed by atoms with E-state index in [9.17, 15) is 13.2 Å². The maximum absolute atomic E-state index is 13.3. The molecule has 0 spiro atoms. The number of para-hydroxylation sites is 2. The highest BCUT2D eigenvalue weighted by atomic mass is 32.2. The molecule has 2 aliphatic heterocycles. The van der Waals surface area contributed by atoms with Gasteiger partial charge in [-0.1, -0.05) is 12.1 Å². The number of hydrogen-bond acceptors (Lipinski definition) is 5. The van der Waals surface area contributed by atoms with Crippen molar-refractivity contribution in [3.63, 3.8) is 0 Å².